The molecular formula is C17H20N4O2. The lowest BCUT2D eigenvalue weighted by Gasteiger charge is -2.25. The quantitative estimate of drug-likeness (QED) is 0.914. The molecule has 6 nitrogen and oxygen atoms in total. The number of hydrogen-bond donors (Lipinski definition) is 1. The van der Waals surface area contributed by atoms with Crippen LogP contribution in [0.5, 0.6) is 0 Å². The van der Waals surface area contributed by atoms with Crippen LogP contribution in [0.15, 0.2) is 35.1 Å². The second-order valence-electron chi connectivity index (χ2n) is 6.36. The van der Waals surface area contributed by atoms with Crippen molar-refractivity contribution in [1.82, 2.24) is 20.2 Å². The molecule has 1 saturated heterocycles. The Morgan fingerprint density at radius 2 is 2.26 bits per heavy atom. The van der Waals surface area contributed by atoms with E-state index < -0.39 is 0 Å². The Morgan fingerprint density at radius 3 is 3.00 bits per heavy atom. The predicted octanol–water partition coefficient (Wildman–Crippen LogP) is 2.01. The Bertz CT molecular complexity index is 696. The lowest BCUT2D eigenvalue weighted by Crippen LogP contribution is -2.34. The topological polar surface area (TPSA) is 71.3 Å². The maximum Gasteiger partial charge on any atom is 0.224 e. The van der Waals surface area contributed by atoms with Crippen molar-refractivity contribution in [3.8, 4) is 0 Å². The Labute approximate surface area is 134 Å². The first-order valence-corrected chi connectivity index (χ1v) is 8.06. The number of aromatic nitrogens is 2. The highest BCUT2D eigenvalue weighted by Gasteiger charge is 2.38. The first kappa shape index (κ1) is 14.4. The molecule has 3 heterocycles. The van der Waals surface area contributed by atoms with E-state index in [9.17, 15) is 4.79 Å². The third kappa shape index (κ3) is 2.86. The summed E-state index contributed by atoms with van der Waals surface area (Å²) in [6, 6.07) is 3.94. The van der Waals surface area contributed by atoms with Gasteiger partial charge < -0.3 is 14.6 Å². The molecule has 2 aromatic heterocycles. The molecule has 120 valence electrons. The van der Waals surface area contributed by atoms with Crippen LogP contribution in [0.3, 0.4) is 0 Å². The van der Waals surface area contributed by atoms with Crippen molar-refractivity contribution in [1.29, 1.82) is 0 Å². The fourth-order valence-corrected chi connectivity index (χ4v) is 3.24. The summed E-state index contributed by atoms with van der Waals surface area (Å²) in [7, 11) is 1.85. The summed E-state index contributed by atoms with van der Waals surface area (Å²) in [5, 5.41) is 3.43. The molecule has 2 atom stereocenters. The van der Waals surface area contributed by atoms with Crippen molar-refractivity contribution in [3.05, 3.63) is 47.9 Å². The van der Waals surface area contributed by atoms with E-state index in [1.54, 1.807) is 11.1 Å². The smallest absolute Gasteiger partial charge is 0.224 e. The van der Waals surface area contributed by atoms with Crippen LogP contribution in [0.25, 0.3) is 0 Å². The minimum absolute atomic E-state index is 0.00550. The van der Waals surface area contributed by atoms with Gasteiger partial charge in [-0.3, -0.25) is 9.78 Å². The van der Waals surface area contributed by atoms with E-state index in [2.05, 4.69) is 15.3 Å². The van der Waals surface area contributed by atoms with Gasteiger partial charge in [-0.2, -0.15) is 0 Å². The average Bonchev–Trinajstić information content (AvgIpc) is 3.24. The van der Waals surface area contributed by atoms with Crippen LogP contribution in [0.1, 0.15) is 48.4 Å². The zero-order chi connectivity index (χ0) is 15.8. The number of oxazole rings is 1. The van der Waals surface area contributed by atoms with Gasteiger partial charge in [-0.05, 0) is 24.5 Å². The Morgan fingerprint density at radius 1 is 1.39 bits per heavy atom. The zero-order valence-electron chi connectivity index (χ0n) is 13.1. The highest BCUT2D eigenvalue weighted by molar-refractivity contribution is 5.80. The summed E-state index contributed by atoms with van der Waals surface area (Å²) in [6.45, 7) is 0.537. The van der Waals surface area contributed by atoms with E-state index in [-0.39, 0.29) is 18.0 Å². The van der Waals surface area contributed by atoms with Gasteiger partial charge in [-0.15, -0.1) is 0 Å². The van der Waals surface area contributed by atoms with Crippen LogP contribution in [-0.2, 0) is 11.3 Å². The van der Waals surface area contributed by atoms with Crippen LogP contribution in [0.2, 0.25) is 0 Å². The maximum atomic E-state index is 12.1. The number of likely N-dealkylation sites (N-methyl/N-ethyl adjacent to an activating group) is 1. The fourth-order valence-electron chi connectivity index (χ4n) is 3.24. The van der Waals surface area contributed by atoms with E-state index >= 15 is 0 Å². The Balaban J connectivity index is 1.46. The van der Waals surface area contributed by atoms with Crippen LogP contribution in [0.4, 0.5) is 0 Å². The third-order valence-electron chi connectivity index (χ3n) is 4.68. The molecule has 4 rings (SSSR count). The number of amides is 1. The van der Waals surface area contributed by atoms with Crippen LogP contribution >= 0.6 is 0 Å². The van der Waals surface area contributed by atoms with Crippen LogP contribution in [0, 0.1) is 0 Å². The number of pyridine rings is 1. The molecule has 0 bridgehead atoms. The molecule has 2 fully saturated rings. The second kappa shape index (κ2) is 5.77. The molecule has 1 N–H and O–H groups in total. The van der Waals surface area contributed by atoms with Crippen molar-refractivity contribution in [2.75, 3.05) is 7.05 Å². The van der Waals surface area contributed by atoms with E-state index in [0.717, 1.165) is 11.3 Å². The van der Waals surface area contributed by atoms with E-state index in [1.807, 2.05) is 31.6 Å². The molecule has 0 unspecified atom stereocenters. The summed E-state index contributed by atoms with van der Waals surface area (Å²) < 4.78 is 5.78. The lowest BCUT2D eigenvalue weighted by atomic mass is 10.0. The first-order chi connectivity index (χ1) is 11.2. The van der Waals surface area contributed by atoms with Gasteiger partial charge in [0.05, 0.1) is 18.8 Å². The molecule has 2 aliphatic rings. The largest absolute Gasteiger partial charge is 0.444 e. The molecule has 0 spiro atoms. The monoisotopic (exact) mass is 312 g/mol. The number of nitrogens with zero attached hydrogens (tertiary/aromatic N) is 3. The van der Waals surface area contributed by atoms with Crippen molar-refractivity contribution in [3.63, 3.8) is 0 Å². The first-order valence-electron chi connectivity index (χ1n) is 8.06. The molecular weight excluding hydrogens is 292 g/mol. The molecule has 1 saturated carbocycles. The lowest BCUT2D eigenvalue weighted by molar-refractivity contribution is -0.127. The van der Waals surface area contributed by atoms with Gasteiger partial charge in [0.25, 0.3) is 0 Å². The minimum Gasteiger partial charge on any atom is -0.444 e. The van der Waals surface area contributed by atoms with E-state index in [0.29, 0.717) is 24.8 Å². The average molecular weight is 312 g/mol. The van der Waals surface area contributed by atoms with Gasteiger partial charge in [0.2, 0.25) is 11.8 Å². The third-order valence-corrected chi connectivity index (χ3v) is 4.68. The van der Waals surface area contributed by atoms with E-state index in [1.165, 1.54) is 12.8 Å². The van der Waals surface area contributed by atoms with Gasteiger partial charge in [0, 0.05) is 37.8 Å². The number of likely N-dealkylation sites (tertiary alicyclic amines) is 1. The summed E-state index contributed by atoms with van der Waals surface area (Å²) in [5.74, 6) is 2.39. The molecule has 0 radical (unpaired) electrons. The highest BCUT2D eigenvalue weighted by atomic mass is 16.4. The zero-order valence-corrected chi connectivity index (χ0v) is 13.1. The molecule has 23 heavy (non-hydrogen) atoms. The van der Waals surface area contributed by atoms with Crippen LogP contribution < -0.4 is 5.32 Å². The molecule has 1 aliphatic heterocycles. The van der Waals surface area contributed by atoms with Crippen molar-refractivity contribution in [2.45, 2.75) is 43.8 Å². The number of carbonyl (C=O) groups is 1. The van der Waals surface area contributed by atoms with Gasteiger partial charge in [0.1, 0.15) is 5.76 Å². The standard InChI is InChI=1S/C17H20N4O2/c1-21-16(22)7-13(17(21)12-3-2-6-18-8-12)19-10-15-20-9-14(23-15)11-4-5-11/h2-3,6,8-9,11,13,17,19H,4-5,7,10H2,1H3/t13-,17+/m1/s1. The second-order valence-corrected chi connectivity index (χ2v) is 6.36. The maximum absolute atomic E-state index is 12.1. The van der Waals surface area contributed by atoms with Crippen LogP contribution in [-0.4, -0.2) is 33.9 Å². The van der Waals surface area contributed by atoms with Crippen molar-refractivity contribution >= 4 is 5.91 Å². The number of nitrogens with one attached hydrogen (secondary N) is 1. The molecule has 1 amide bonds. The Hall–Kier alpha value is -2.21. The summed E-state index contributed by atoms with van der Waals surface area (Å²) >= 11 is 0. The van der Waals surface area contributed by atoms with Crippen molar-refractivity contribution in [2.24, 2.45) is 0 Å². The van der Waals surface area contributed by atoms with Crippen molar-refractivity contribution < 1.29 is 9.21 Å². The van der Waals surface area contributed by atoms with Gasteiger partial charge in [-0.25, -0.2) is 4.98 Å². The van der Waals surface area contributed by atoms with E-state index in [4.69, 9.17) is 4.42 Å². The van der Waals surface area contributed by atoms with Gasteiger partial charge in [-0.1, -0.05) is 6.07 Å². The number of carbonyl (C=O) groups excluding carboxylic acids is 1. The van der Waals surface area contributed by atoms with Gasteiger partial charge >= 0.3 is 0 Å². The number of hydrogen-bond acceptors (Lipinski definition) is 5. The molecule has 2 aromatic rings. The fraction of sp³-hybridized carbons (Fsp3) is 0.471. The summed E-state index contributed by atoms with van der Waals surface area (Å²) in [6.07, 6.45) is 8.28. The predicted molar refractivity (Wildman–Crippen MR) is 83.5 cm³/mol. The normalized spacial score (nSPS) is 24.4. The minimum atomic E-state index is -0.00550. The molecule has 1 aliphatic carbocycles. The Kier molecular flexibility index (Phi) is 3.61. The summed E-state index contributed by atoms with van der Waals surface area (Å²) in [5.41, 5.74) is 1.05. The molecule has 6 heteroatoms. The summed E-state index contributed by atoms with van der Waals surface area (Å²) in [4.78, 5) is 22.4. The SMILES string of the molecule is CN1C(=O)C[C@@H](NCc2ncc(C3CC3)o2)[C@@H]1c1cccnc1. The van der Waals surface area contributed by atoms with Gasteiger partial charge in [0.15, 0.2) is 0 Å². The molecule has 0 aromatic carbocycles. The highest BCUT2D eigenvalue weighted by Crippen LogP contribution is 2.40. The number of rotatable bonds is 5.